The molecule has 0 bridgehead atoms. The number of nitrogens with zero attached hydrogens (tertiary/aromatic N) is 3. The average molecular weight is 329 g/mol. The molecule has 0 aromatic heterocycles. The number of benzene rings is 1. The van der Waals surface area contributed by atoms with E-state index in [4.69, 9.17) is 0 Å². The van der Waals surface area contributed by atoms with Gasteiger partial charge in [0.2, 0.25) is 11.8 Å². The van der Waals surface area contributed by atoms with Crippen molar-refractivity contribution in [2.45, 2.75) is 39.2 Å². The second-order valence-corrected chi connectivity index (χ2v) is 6.82. The molecule has 1 aromatic rings. The van der Waals surface area contributed by atoms with E-state index >= 15 is 0 Å². The lowest BCUT2D eigenvalue weighted by Gasteiger charge is -2.30. The van der Waals surface area contributed by atoms with Crippen molar-refractivity contribution < 1.29 is 9.59 Å². The summed E-state index contributed by atoms with van der Waals surface area (Å²) >= 11 is 0. The second kappa shape index (κ2) is 7.24. The Hall–Kier alpha value is -2.04. The third kappa shape index (κ3) is 3.40. The zero-order valence-electron chi connectivity index (χ0n) is 14.7. The number of likely N-dealkylation sites (tertiary alicyclic amines) is 1. The third-order valence-electron chi connectivity index (χ3n) is 5.20. The van der Waals surface area contributed by atoms with Crippen LogP contribution in [0.4, 0.5) is 5.69 Å². The van der Waals surface area contributed by atoms with Crippen molar-refractivity contribution in [1.82, 2.24) is 9.80 Å². The minimum absolute atomic E-state index is 0.0943. The van der Waals surface area contributed by atoms with Gasteiger partial charge in [-0.2, -0.15) is 0 Å². The lowest BCUT2D eigenvalue weighted by Crippen LogP contribution is -2.48. The maximum atomic E-state index is 12.8. The molecule has 2 fully saturated rings. The van der Waals surface area contributed by atoms with Gasteiger partial charge in [-0.15, -0.1) is 0 Å². The van der Waals surface area contributed by atoms with E-state index in [0.29, 0.717) is 6.42 Å². The molecule has 2 saturated heterocycles. The van der Waals surface area contributed by atoms with Gasteiger partial charge in [0.1, 0.15) is 6.04 Å². The molecule has 5 heteroatoms. The van der Waals surface area contributed by atoms with E-state index in [0.717, 1.165) is 45.6 Å². The largest absolute Gasteiger partial charge is 0.369 e. The number of carbonyl (C=O) groups excluding carboxylic acids is 2. The van der Waals surface area contributed by atoms with Crippen LogP contribution >= 0.6 is 0 Å². The van der Waals surface area contributed by atoms with Gasteiger partial charge in [-0.1, -0.05) is 18.2 Å². The van der Waals surface area contributed by atoms with Crippen molar-refractivity contribution in [3.8, 4) is 0 Å². The first-order valence-corrected chi connectivity index (χ1v) is 8.97. The monoisotopic (exact) mass is 329 g/mol. The first-order chi connectivity index (χ1) is 11.6. The van der Waals surface area contributed by atoms with Gasteiger partial charge in [0.05, 0.1) is 0 Å². The Kier molecular flexibility index (Phi) is 5.07. The van der Waals surface area contributed by atoms with Crippen LogP contribution < -0.4 is 4.90 Å². The molecule has 5 nitrogen and oxygen atoms in total. The Morgan fingerprint density at radius 2 is 1.83 bits per heavy atom. The molecule has 0 radical (unpaired) electrons. The molecule has 2 amide bonds. The third-order valence-corrected chi connectivity index (χ3v) is 5.20. The van der Waals surface area contributed by atoms with Gasteiger partial charge in [-0.3, -0.25) is 9.59 Å². The van der Waals surface area contributed by atoms with Crippen LogP contribution in [-0.4, -0.2) is 60.4 Å². The highest BCUT2D eigenvalue weighted by Gasteiger charge is 2.32. The zero-order valence-corrected chi connectivity index (χ0v) is 14.7. The highest BCUT2D eigenvalue weighted by Crippen LogP contribution is 2.22. The summed E-state index contributed by atoms with van der Waals surface area (Å²) in [5.74, 6) is 0.212. The highest BCUT2D eigenvalue weighted by molar-refractivity contribution is 5.88. The van der Waals surface area contributed by atoms with Crippen molar-refractivity contribution in [3.63, 3.8) is 0 Å². The molecule has 0 spiro atoms. The van der Waals surface area contributed by atoms with E-state index < -0.39 is 0 Å². The van der Waals surface area contributed by atoms with Crippen LogP contribution in [0.2, 0.25) is 0 Å². The Morgan fingerprint density at radius 3 is 2.54 bits per heavy atom. The predicted octanol–water partition coefficient (Wildman–Crippen LogP) is 2.04. The molecule has 0 aliphatic carbocycles. The molecule has 0 N–H and O–H groups in total. The second-order valence-electron chi connectivity index (χ2n) is 6.82. The number of para-hydroxylation sites is 1. The number of aryl methyl sites for hydroxylation is 1. The summed E-state index contributed by atoms with van der Waals surface area (Å²) in [6.45, 7) is 8.02. The fourth-order valence-corrected chi connectivity index (χ4v) is 3.77. The Balaban J connectivity index is 1.64. The number of rotatable bonds is 3. The number of hydrogen-bond donors (Lipinski definition) is 0. The Morgan fingerprint density at radius 1 is 1.04 bits per heavy atom. The minimum atomic E-state index is -0.329. The summed E-state index contributed by atoms with van der Waals surface area (Å²) < 4.78 is 0. The standard InChI is InChI=1S/C19H27N3O2/c1-15-7-3-4-8-17(15)20-10-6-11-21(14-13-20)19(24)16(2)22-12-5-9-18(22)23/h3-4,7-8,16H,5-6,9-14H2,1-2H3/t16-/m1/s1. The fraction of sp³-hybridized carbons (Fsp3) is 0.579. The first kappa shape index (κ1) is 16.8. The van der Waals surface area contributed by atoms with Gasteiger partial charge < -0.3 is 14.7 Å². The smallest absolute Gasteiger partial charge is 0.245 e. The summed E-state index contributed by atoms with van der Waals surface area (Å²) in [7, 11) is 0. The summed E-state index contributed by atoms with van der Waals surface area (Å²) in [5, 5.41) is 0. The summed E-state index contributed by atoms with van der Waals surface area (Å²) in [6, 6.07) is 8.08. The van der Waals surface area contributed by atoms with Gasteiger partial charge >= 0.3 is 0 Å². The predicted molar refractivity (Wildman–Crippen MR) is 95.0 cm³/mol. The first-order valence-electron chi connectivity index (χ1n) is 8.97. The van der Waals surface area contributed by atoms with Gasteiger partial charge in [0.25, 0.3) is 0 Å². The van der Waals surface area contributed by atoms with E-state index in [2.05, 4.69) is 36.1 Å². The van der Waals surface area contributed by atoms with Crippen LogP contribution in [0, 0.1) is 6.92 Å². The van der Waals surface area contributed by atoms with Crippen LogP contribution in [0.3, 0.4) is 0 Å². The van der Waals surface area contributed by atoms with Gasteiger partial charge in [-0.05, 0) is 38.3 Å². The van der Waals surface area contributed by atoms with Crippen LogP contribution in [0.15, 0.2) is 24.3 Å². The molecule has 24 heavy (non-hydrogen) atoms. The maximum Gasteiger partial charge on any atom is 0.245 e. The van der Waals surface area contributed by atoms with Crippen molar-refractivity contribution in [3.05, 3.63) is 29.8 Å². The van der Waals surface area contributed by atoms with Gasteiger partial charge in [-0.25, -0.2) is 0 Å². The molecule has 1 atom stereocenters. The summed E-state index contributed by atoms with van der Waals surface area (Å²) in [6.07, 6.45) is 2.41. The van der Waals surface area contributed by atoms with Gasteiger partial charge in [0.15, 0.2) is 0 Å². The normalized spacial score (nSPS) is 20.2. The van der Waals surface area contributed by atoms with Crippen molar-refractivity contribution in [2.24, 2.45) is 0 Å². The highest BCUT2D eigenvalue weighted by atomic mass is 16.2. The number of anilines is 1. The molecule has 2 heterocycles. The van der Waals surface area contributed by atoms with E-state index in [1.807, 2.05) is 11.8 Å². The van der Waals surface area contributed by atoms with Crippen LogP contribution in [0.25, 0.3) is 0 Å². The van der Waals surface area contributed by atoms with E-state index in [1.165, 1.54) is 11.3 Å². The van der Waals surface area contributed by atoms with Crippen molar-refractivity contribution >= 4 is 17.5 Å². The molecule has 3 rings (SSSR count). The molecule has 2 aliphatic heterocycles. The van der Waals surface area contributed by atoms with Gasteiger partial charge in [0, 0.05) is 44.8 Å². The summed E-state index contributed by atoms with van der Waals surface area (Å²) in [4.78, 5) is 30.8. The lowest BCUT2D eigenvalue weighted by molar-refractivity contribution is -0.142. The van der Waals surface area contributed by atoms with E-state index in [9.17, 15) is 9.59 Å². The topological polar surface area (TPSA) is 43.9 Å². The summed E-state index contributed by atoms with van der Waals surface area (Å²) in [5.41, 5.74) is 2.53. The minimum Gasteiger partial charge on any atom is -0.369 e. The number of carbonyl (C=O) groups is 2. The molecule has 0 unspecified atom stereocenters. The zero-order chi connectivity index (χ0) is 17.1. The maximum absolute atomic E-state index is 12.8. The number of amides is 2. The molecule has 130 valence electrons. The van der Waals surface area contributed by atoms with Crippen molar-refractivity contribution in [1.29, 1.82) is 0 Å². The Bertz CT molecular complexity index is 616. The molecular formula is C19H27N3O2. The quantitative estimate of drug-likeness (QED) is 0.852. The fourth-order valence-electron chi connectivity index (χ4n) is 3.77. The van der Waals surface area contributed by atoms with Crippen molar-refractivity contribution in [2.75, 3.05) is 37.6 Å². The van der Waals surface area contributed by atoms with E-state index in [-0.39, 0.29) is 17.9 Å². The van der Waals surface area contributed by atoms with Crippen LogP contribution in [-0.2, 0) is 9.59 Å². The van der Waals surface area contributed by atoms with E-state index in [1.54, 1.807) is 4.90 Å². The average Bonchev–Trinajstić information content (AvgIpc) is 2.86. The Labute approximate surface area is 144 Å². The molecule has 0 saturated carbocycles. The SMILES string of the molecule is Cc1ccccc1N1CCCN(C(=O)[C@@H](C)N2CCCC2=O)CC1. The molecular weight excluding hydrogens is 302 g/mol. The molecule has 1 aromatic carbocycles. The molecule has 2 aliphatic rings. The number of hydrogen-bond acceptors (Lipinski definition) is 3. The van der Waals surface area contributed by atoms with Crippen LogP contribution in [0.1, 0.15) is 31.7 Å². The van der Waals surface area contributed by atoms with Crippen LogP contribution in [0.5, 0.6) is 0 Å². The lowest BCUT2D eigenvalue weighted by atomic mass is 10.2.